The molecule has 1 saturated carbocycles. The van der Waals surface area contributed by atoms with Crippen LogP contribution in [0.25, 0.3) is 0 Å². The zero-order valence-electron chi connectivity index (χ0n) is 19.4. The van der Waals surface area contributed by atoms with Crippen LogP contribution in [0, 0.1) is 17.8 Å². The molecule has 0 spiro atoms. The molecular formula is C28H31N3O3. The predicted molar refractivity (Wildman–Crippen MR) is 129 cm³/mol. The van der Waals surface area contributed by atoms with Gasteiger partial charge in [0.05, 0.1) is 31.7 Å². The van der Waals surface area contributed by atoms with Crippen molar-refractivity contribution in [2.24, 2.45) is 5.92 Å². The van der Waals surface area contributed by atoms with Crippen molar-refractivity contribution in [3.63, 3.8) is 0 Å². The van der Waals surface area contributed by atoms with Crippen LogP contribution < -0.4 is 0 Å². The molecule has 2 amide bonds. The normalized spacial score (nSPS) is 24.6. The largest absolute Gasteiger partial charge is 0.394 e. The second-order valence-corrected chi connectivity index (χ2v) is 9.64. The number of carbonyl (C=O) groups excluding carboxylic acids is 2. The molecule has 0 radical (unpaired) electrons. The first kappa shape index (κ1) is 22.6. The van der Waals surface area contributed by atoms with Crippen LogP contribution in [0.3, 0.4) is 0 Å². The number of hydrogen-bond donors (Lipinski definition) is 1. The number of aromatic nitrogens is 1. The fraction of sp³-hybridized carbons (Fsp3) is 0.464. The highest BCUT2D eigenvalue weighted by molar-refractivity contribution is 5.88. The molecule has 34 heavy (non-hydrogen) atoms. The Balaban J connectivity index is 1.28. The summed E-state index contributed by atoms with van der Waals surface area (Å²) < 4.78 is 0. The van der Waals surface area contributed by atoms with Crippen molar-refractivity contribution in [2.45, 2.75) is 56.5 Å². The zero-order chi connectivity index (χ0) is 23.5. The van der Waals surface area contributed by atoms with E-state index in [2.05, 4.69) is 29.0 Å². The number of aliphatic hydroxyl groups excluding tert-OH is 1. The lowest BCUT2D eigenvalue weighted by atomic mass is 9.73. The van der Waals surface area contributed by atoms with Crippen LogP contribution in [0.2, 0.25) is 0 Å². The van der Waals surface area contributed by atoms with Gasteiger partial charge in [0.15, 0.2) is 0 Å². The summed E-state index contributed by atoms with van der Waals surface area (Å²) in [5.41, 5.74) is 2.78. The van der Waals surface area contributed by atoms with Gasteiger partial charge in [-0.25, -0.2) is 0 Å². The first-order valence-corrected chi connectivity index (χ1v) is 12.4. The third-order valence-electron chi connectivity index (χ3n) is 7.48. The number of benzene rings is 1. The summed E-state index contributed by atoms with van der Waals surface area (Å²) in [5, 5.41) is 10.0. The Morgan fingerprint density at radius 3 is 2.59 bits per heavy atom. The van der Waals surface area contributed by atoms with Gasteiger partial charge in [-0.3, -0.25) is 14.6 Å². The standard InChI is InChI=1S/C28H31N3O3/c32-19-25-28(22-13-11-21(12-14-22)10-9-20-6-2-1-3-7-20)24-17-30(18-27(34)31(24)25)26(33)16-23-8-4-5-15-29-23/h4-5,8,11-15,20,24-25,28,32H,1-3,6-7,16-19H2/t24-,25+,28+/m1/s1. The minimum atomic E-state index is -0.246. The van der Waals surface area contributed by atoms with E-state index in [0.717, 1.165) is 11.1 Å². The summed E-state index contributed by atoms with van der Waals surface area (Å²) in [6.45, 7) is 0.445. The number of piperazine rings is 1. The van der Waals surface area contributed by atoms with Gasteiger partial charge >= 0.3 is 0 Å². The minimum Gasteiger partial charge on any atom is -0.394 e. The Hall–Kier alpha value is -3.17. The monoisotopic (exact) mass is 457 g/mol. The molecule has 1 aromatic heterocycles. The molecule has 2 saturated heterocycles. The molecule has 1 aliphatic carbocycles. The number of hydrogen-bond acceptors (Lipinski definition) is 4. The molecule has 3 aliphatic rings. The van der Waals surface area contributed by atoms with Crippen LogP contribution in [-0.2, 0) is 16.0 Å². The summed E-state index contributed by atoms with van der Waals surface area (Å²) in [7, 11) is 0. The van der Waals surface area contributed by atoms with Crippen LogP contribution in [0.5, 0.6) is 0 Å². The summed E-state index contributed by atoms with van der Waals surface area (Å²) in [5.74, 6) is 7.08. The van der Waals surface area contributed by atoms with Crippen molar-refractivity contribution < 1.29 is 14.7 Å². The zero-order valence-corrected chi connectivity index (χ0v) is 19.4. The topological polar surface area (TPSA) is 73.7 Å². The second kappa shape index (κ2) is 9.99. The van der Waals surface area contributed by atoms with Crippen molar-refractivity contribution in [3.05, 3.63) is 65.5 Å². The molecule has 2 aromatic rings. The van der Waals surface area contributed by atoms with Gasteiger partial charge in [-0.05, 0) is 42.7 Å². The van der Waals surface area contributed by atoms with Crippen LogP contribution in [-0.4, -0.2) is 63.5 Å². The second-order valence-electron chi connectivity index (χ2n) is 9.64. The molecule has 5 rings (SSSR count). The van der Waals surface area contributed by atoms with E-state index in [0.29, 0.717) is 18.2 Å². The summed E-state index contributed by atoms with van der Waals surface area (Å²) in [4.78, 5) is 33.4. The van der Waals surface area contributed by atoms with E-state index in [1.165, 1.54) is 32.1 Å². The maximum atomic E-state index is 12.9. The summed E-state index contributed by atoms with van der Waals surface area (Å²) in [6.07, 6.45) is 8.14. The molecule has 2 aliphatic heterocycles. The third-order valence-corrected chi connectivity index (χ3v) is 7.48. The predicted octanol–water partition coefficient (Wildman–Crippen LogP) is 2.75. The van der Waals surface area contributed by atoms with Gasteiger partial charge in [0.2, 0.25) is 11.8 Å². The molecule has 3 fully saturated rings. The Bertz CT molecular complexity index is 1080. The Morgan fingerprint density at radius 2 is 1.88 bits per heavy atom. The average molecular weight is 458 g/mol. The Kier molecular flexibility index (Phi) is 6.64. The fourth-order valence-corrected chi connectivity index (χ4v) is 5.68. The summed E-state index contributed by atoms with van der Waals surface area (Å²) in [6, 6.07) is 13.3. The highest BCUT2D eigenvalue weighted by Crippen LogP contribution is 2.43. The number of amides is 2. The van der Waals surface area contributed by atoms with Crippen LogP contribution >= 0.6 is 0 Å². The van der Waals surface area contributed by atoms with E-state index in [-0.39, 0.29) is 49.4 Å². The van der Waals surface area contributed by atoms with E-state index in [4.69, 9.17) is 0 Å². The lowest BCUT2D eigenvalue weighted by molar-refractivity contribution is -0.166. The van der Waals surface area contributed by atoms with E-state index in [9.17, 15) is 14.7 Å². The SMILES string of the molecule is O=C(Cc1ccccn1)N1CC(=O)N2[C@H](C1)[C@H](c1ccc(C#CC3CCCCC3)cc1)[C@@H]2CO. The van der Waals surface area contributed by atoms with Crippen LogP contribution in [0.4, 0.5) is 0 Å². The molecule has 0 unspecified atom stereocenters. The molecule has 0 bridgehead atoms. The first-order chi connectivity index (χ1) is 16.6. The van der Waals surface area contributed by atoms with Gasteiger partial charge in [-0.15, -0.1) is 0 Å². The summed E-state index contributed by atoms with van der Waals surface area (Å²) >= 11 is 0. The fourth-order valence-electron chi connectivity index (χ4n) is 5.68. The smallest absolute Gasteiger partial charge is 0.242 e. The molecular weight excluding hydrogens is 426 g/mol. The van der Waals surface area contributed by atoms with Gasteiger partial charge in [0, 0.05) is 35.8 Å². The van der Waals surface area contributed by atoms with Crippen LogP contribution in [0.1, 0.15) is 54.8 Å². The molecule has 3 atom stereocenters. The Morgan fingerprint density at radius 1 is 1.09 bits per heavy atom. The van der Waals surface area contributed by atoms with Crippen molar-refractivity contribution in [3.8, 4) is 11.8 Å². The molecule has 6 nitrogen and oxygen atoms in total. The quantitative estimate of drug-likeness (QED) is 0.717. The molecule has 1 N–H and O–H groups in total. The number of carbonyl (C=O) groups is 2. The molecule has 3 heterocycles. The maximum Gasteiger partial charge on any atom is 0.242 e. The molecule has 176 valence electrons. The lowest BCUT2D eigenvalue weighted by Crippen LogP contribution is -2.73. The Labute approximate surface area is 201 Å². The highest BCUT2D eigenvalue weighted by atomic mass is 16.3. The van der Waals surface area contributed by atoms with Gasteiger partial charge < -0.3 is 14.9 Å². The number of aliphatic hydroxyl groups is 1. The van der Waals surface area contributed by atoms with E-state index in [1.54, 1.807) is 16.0 Å². The van der Waals surface area contributed by atoms with Gasteiger partial charge in [0.25, 0.3) is 0 Å². The van der Waals surface area contributed by atoms with Gasteiger partial charge in [-0.2, -0.15) is 0 Å². The van der Waals surface area contributed by atoms with Gasteiger partial charge in [0.1, 0.15) is 0 Å². The van der Waals surface area contributed by atoms with Crippen molar-refractivity contribution in [2.75, 3.05) is 19.7 Å². The molecule has 6 heteroatoms. The number of rotatable bonds is 4. The van der Waals surface area contributed by atoms with Crippen LogP contribution in [0.15, 0.2) is 48.7 Å². The third kappa shape index (κ3) is 4.58. The number of fused-ring (bicyclic) bond motifs is 1. The van der Waals surface area contributed by atoms with Crippen molar-refractivity contribution in [1.82, 2.24) is 14.8 Å². The van der Waals surface area contributed by atoms with Gasteiger partial charge in [-0.1, -0.05) is 49.3 Å². The van der Waals surface area contributed by atoms with E-state index in [1.807, 2.05) is 30.3 Å². The number of pyridine rings is 1. The maximum absolute atomic E-state index is 12.9. The van der Waals surface area contributed by atoms with E-state index >= 15 is 0 Å². The number of nitrogens with zero attached hydrogens (tertiary/aromatic N) is 3. The average Bonchev–Trinajstić information content (AvgIpc) is 2.86. The van der Waals surface area contributed by atoms with E-state index < -0.39 is 0 Å². The molecule has 1 aromatic carbocycles. The highest BCUT2D eigenvalue weighted by Gasteiger charge is 2.54. The minimum absolute atomic E-state index is 0.000228. The first-order valence-electron chi connectivity index (χ1n) is 12.4. The lowest BCUT2D eigenvalue weighted by Gasteiger charge is -2.58. The van der Waals surface area contributed by atoms with Crippen molar-refractivity contribution >= 4 is 11.8 Å². The van der Waals surface area contributed by atoms with Crippen molar-refractivity contribution in [1.29, 1.82) is 0 Å².